The largest absolute Gasteiger partial charge is 0.339 e. The van der Waals surface area contributed by atoms with Gasteiger partial charge in [0.15, 0.2) is 0 Å². The number of hydrogen-bond acceptors (Lipinski definition) is 0. The number of fused-ring (bicyclic) bond motifs is 9. The van der Waals surface area contributed by atoms with E-state index in [0.29, 0.717) is 0 Å². The van der Waals surface area contributed by atoms with Gasteiger partial charge in [-0.1, -0.05) is 43.4 Å². The van der Waals surface area contributed by atoms with E-state index in [1.54, 1.807) is 0 Å². The van der Waals surface area contributed by atoms with Crippen molar-refractivity contribution in [2.45, 2.75) is 52.4 Å². The monoisotopic (exact) mass is 578 g/mol. The van der Waals surface area contributed by atoms with Crippen molar-refractivity contribution in [3.8, 4) is 0 Å². The van der Waals surface area contributed by atoms with Gasteiger partial charge in [-0.05, 0) is 0 Å². The van der Waals surface area contributed by atoms with Crippen LogP contribution < -0.4 is 0 Å². The second kappa shape index (κ2) is 5.71. The van der Waals surface area contributed by atoms with Crippen molar-refractivity contribution in [2.24, 2.45) is 22.7 Å². The molecule has 0 amide bonds. The Morgan fingerprint density at radius 2 is 1.22 bits per heavy atom. The minimum absolute atomic E-state index is 0. The minimum Gasteiger partial charge on any atom is -0.339 e. The van der Waals surface area contributed by atoms with Crippen LogP contribution in [0.2, 0.25) is 0 Å². The summed E-state index contributed by atoms with van der Waals surface area (Å²) in [6.07, 6.45) is 8.93. The van der Waals surface area contributed by atoms with Crippen molar-refractivity contribution in [1.82, 2.24) is 0 Å². The van der Waals surface area contributed by atoms with Gasteiger partial charge in [0.2, 0.25) is 0 Å². The fourth-order valence-electron chi connectivity index (χ4n) is 5.75. The van der Waals surface area contributed by atoms with Gasteiger partial charge in [-0.2, -0.15) is 25.7 Å². The molecule has 4 saturated carbocycles. The van der Waals surface area contributed by atoms with Gasteiger partial charge in [-0.15, -0.1) is 0 Å². The molecular formula is C14H20B2W2-2. The van der Waals surface area contributed by atoms with Gasteiger partial charge in [0.05, 0.1) is 0 Å². The Bertz CT molecular complexity index is 284. The Kier molecular flexibility index (Phi) is 6.19. The van der Waals surface area contributed by atoms with Crippen LogP contribution in [0.4, 0.5) is 0 Å². The Morgan fingerprint density at radius 1 is 0.833 bits per heavy atom. The molecule has 4 bridgehead atoms. The molecule has 0 aromatic carbocycles. The Labute approximate surface area is 145 Å². The van der Waals surface area contributed by atoms with Crippen molar-refractivity contribution < 1.29 is 42.1 Å². The van der Waals surface area contributed by atoms with Crippen molar-refractivity contribution in [3.63, 3.8) is 0 Å². The summed E-state index contributed by atoms with van der Waals surface area (Å²) in [6, 6.07) is 0. The van der Waals surface area contributed by atoms with E-state index in [0.717, 1.165) is 22.7 Å². The third-order valence-electron chi connectivity index (χ3n) is 6.01. The van der Waals surface area contributed by atoms with E-state index in [4.69, 9.17) is 0 Å². The molecule has 4 heteroatoms. The van der Waals surface area contributed by atoms with Crippen LogP contribution in [-0.2, 0) is 42.1 Å². The van der Waals surface area contributed by atoms with E-state index in [1.165, 1.54) is 38.5 Å². The van der Waals surface area contributed by atoms with E-state index >= 15 is 0 Å². The molecule has 4 aliphatic carbocycles. The topological polar surface area (TPSA) is 0 Å². The molecule has 18 heavy (non-hydrogen) atoms. The second-order valence-electron chi connectivity index (χ2n) is 6.93. The molecule has 4 rings (SSSR count). The van der Waals surface area contributed by atoms with Crippen LogP contribution in [0.3, 0.4) is 0 Å². The summed E-state index contributed by atoms with van der Waals surface area (Å²) in [5, 5.41) is 0. The zero-order valence-corrected chi connectivity index (χ0v) is 17.2. The van der Waals surface area contributed by atoms with E-state index in [1.807, 2.05) is 11.8 Å². The van der Waals surface area contributed by atoms with Gasteiger partial charge in [-0.25, -0.2) is 0 Å². The first-order chi connectivity index (χ1) is 6.62. The summed E-state index contributed by atoms with van der Waals surface area (Å²) in [6.45, 7) is 5.16. The van der Waals surface area contributed by atoms with E-state index < -0.39 is 0 Å². The van der Waals surface area contributed by atoms with E-state index in [9.17, 15) is 0 Å². The Balaban J connectivity index is 0.000000722. The van der Waals surface area contributed by atoms with Gasteiger partial charge in [0, 0.05) is 59.0 Å². The van der Waals surface area contributed by atoms with Crippen LogP contribution in [0.25, 0.3) is 0 Å². The molecule has 0 aromatic heterocycles. The van der Waals surface area contributed by atoms with Gasteiger partial charge < -0.3 is 11.8 Å². The summed E-state index contributed by atoms with van der Waals surface area (Å²) in [7, 11) is 0. The molecule has 0 aliphatic heterocycles. The van der Waals surface area contributed by atoms with Crippen LogP contribution in [0.5, 0.6) is 0 Å². The second-order valence-corrected chi connectivity index (χ2v) is 6.93. The molecule has 0 nitrogen and oxygen atoms in total. The molecular weight excluding hydrogens is 557 g/mol. The summed E-state index contributed by atoms with van der Waals surface area (Å²) >= 11 is 0. The molecule has 2 atom stereocenters. The Hall–Kier alpha value is 1.51. The van der Waals surface area contributed by atoms with Crippen LogP contribution in [0.1, 0.15) is 52.4 Å². The van der Waals surface area contributed by atoms with E-state index in [2.05, 4.69) is 13.8 Å². The predicted octanol–water partition coefficient (Wildman–Crippen LogP) is 3.01. The van der Waals surface area contributed by atoms with Gasteiger partial charge in [-0.3, -0.25) is 5.92 Å². The first-order valence-corrected chi connectivity index (χ1v) is 6.32. The molecule has 0 spiro atoms. The molecule has 6 radical (unpaired) electrons. The van der Waals surface area contributed by atoms with Gasteiger partial charge in [0.25, 0.3) is 0 Å². The SMILES string of the molecule is CC12CC[C-](C1)C1[C-]3CCC(C)(C3)C12.[B].[B].[W].[W]. The fourth-order valence-corrected chi connectivity index (χ4v) is 5.75. The van der Waals surface area contributed by atoms with Gasteiger partial charge >= 0.3 is 0 Å². The predicted molar refractivity (Wildman–Crippen MR) is 68.9 cm³/mol. The van der Waals surface area contributed by atoms with Crippen molar-refractivity contribution >= 4 is 16.8 Å². The average molecular weight is 578 g/mol. The molecule has 0 saturated heterocycles. The normalized spacial score (nSPS) is 47.7. The van der Waals surface area contributed by atoms with Gasteiger partial charge in [0.1, 0.15) is 0 Å². The maximum Gasteiger partial charge on any atom is 0 e. The first-order valence-electron chi connectivity index (χ1n) is 6.32. The third-order valence-corrected chi connectivity index (χ3v) is 6.01. The molecule has 0 aromatic rings. The van der Waals surface area contributed by atoms with Crippen LogP contribution in [0, 0.1) is 34.5 Å². The van der Waals surface area contributed by atoms with E-state index in [-0.39, 0.29) is 59.0 Å². The minimum atomic E-state index is 0. The van der Waals surface area contributed by atoms with Crippen LogP contribution >= 0.6 is 0 Å². The number of hydrogen-bond donors (Lipinski definition) is 0. The summed E-state index contributed by atoms with van der Waals surface area (Å²) in [5.74, 6) is 5.97. The average Bonchev–Trinajstić information content (AvgIpc) is 2.78. The maximum absolute atomic E-state index is 2.58. The summed E-state index contributed by atoms with van der Waals surface area (Å²) in [5.41, 5.74) is 1.44. The smallest absolute Gasteiger partial charge is 0 e. The third kappa shape index (κ3) is 2.11. The number of rotatable bonds is 0. The van der Waals surface area contributed by atoms with Crippen molar-refractivity contribution in [3.05, 3.63) is 11.8 Å². The first kappa shape index (κ1) is 19.5. The fraction of sp³-hybridized carbons (Fsp3) is 0.857. The molecule has 4 aliphatic rings. The molecule has 4 fully saturated rings. The quantitative estimate of drug-likeness (QED) is 0.236. The molecule has 2 unspecified atom stereocenters. The zero-order valence-electron chi connectivity index (χ0n) is 11.4. The summed E-state index contributed by atoms with van der Waals surface area (Å²) < 4.78 is 0. The molecule has 0 heterocycles. The molecule has 96 valence electrons. The summed E-state index contributed by atoms with van der Waals surface area (Å²) in [4.78, 5) is 0. The van der Waals surface area contributed by atoms with Crippen molar-refractivity contribution in [2.75, 3.05) is 0 Å². The van der Waals surface area contributed by atoms with Crippen molar-refractivity contribution in [1.29, 1.82) is 0 Å². The maximum atomic E-state index is 2.58. The zero-order chi connectivity index (χ0) is 9.55. The van der Waals surface area contributed by atoms with Crippen LogP contribution in [-0.4, -0.2) is 16.8 Å². The Morgan fingerprint density at radius 3 is 1.56 bits per heavy atom. The standard InChI is InChI=1S/C14H20.2B.2W/c1-13-5-3-9(7-13)11-10-4-6-14(2,8-10)12(11)13;;;;/h11-12H,3-8H2,1-2H3;;;;/q-2;;;;. The molecule has 0 N–H and O–H groups in total. The van der Waals surface area contributed by atoms with Crippen LogP contribution in [0.15, 0.2) is 0 Å².